The van der Waals surface area contributed by atoms with Crippen LogP contribution in [0.4, 0.5) is 0 Å². The van der Waals surface area contributed by atoms with E-state index in [2.05, 4.69) is 6.07 Å². The van der Waals surface area contributed by atoms with Crippen molar-refractivity contribution < 1.29 is 9.90 Å². The molecular weight excluding hydrogens is 274 g/mol. The molecule has 0 amide bonds. The van der Waals surface area contributed by atoms with Gasteiger partial charge in [0.1, 0.15) is 0 Å². The summed E-state index contributed by atoms with van der Waals surface area (Å²) in [4.78, 5) is 11.2. The molecular formula is C19H13NO2. The lowest BCUT2D eigenvalue weighted by molar-refractivity contribution is 0.0697. The first-order chi connectivity index (χ1) is 10.6. The molecule has 0 aliphatic rings. The smallest absolute Gasteiger partial charge is 0.335 e. The molecule has 0 saturated carbocycles. The van der Waals surface area contributed by atoms with Crippen LogP contribution in [0.3, 0.4) is 0 Å². The van der Waals surface area contributed by atoms with Crippen molar-refractivity contribution in [3.05, 3.63) is 71.3 Å². The van der Waals surface area contributed by atoms with Crippen LogP contribution in [-0.4, -0.2) is 11.1 Å². The van der Waals surface area contributed by atoms with Gasteiger partial charge in [-0.25, -0.2) is 4.79 Å². The molecule has 0 bridgehead atoms. The number of carbonyl (C=O) groups is 1. The molecule has 0 radical (unpaired) electrons. The summed E-state index contributed by atoms with van der Waals surface area (Å²) in [5, 5.41) is 20.0. The van der Waals surface area contributed by atoms with Crippen molar-refractivity contribution in [2.45, 2.75) is 6.92 Å². The van der Waals surface area contributed by atoms with Crippen LogP contribution in [0.15, 0.2) is 54.6 Å². The van der Waals surface area contributed by atoms with Crippen molar-refractivity contribution in [1.82, 2.24) is 0 Å². The molecule has 0 spiro atoms. The summed E-state index contributed by atoms with van der Waals surface area (Å²) in [5.41, 5.74) is 3.93. The number of hydrogen-bond donors (Lipinski definition) is 1. The Labute approximate surface area is 128 Å². The zero-order valence-corrected chi connectivity index (χ0v) is 12.0. The molecule has 0 aliphatic heterocycles. The number of nitrogens with zero attached hydrogens (tertiary/aromatic N) is 1. The highest BCUT2D eigenvalue weighted by molar-refractivity contribution is 6.02. The summed E-state index contributed by atoms with van der Waals surface area (Å²) in [6.07, 6.45) is 0. The highest BCUT2D eigenvalue weighted by Crippen LogP contribution is 2.32. The lowest BCUT2D eigenvalue weighted by Crippen LogP contribution is -1.96. The van der Waals surface area contributed by atoms with E-state index in [0.717, 1.165) is 27.5 Å². The SMILES string of the molecule is Cc1ccc2ccc(C(=O)O)cc2c1-c1ccc(C#N)cc1. The van der Waals surface area contributed by atoms with Gasteiger partial charge in [-0.3, -0.25) is 0 Å². The van der Waals surface area contributed by atoms with Crippen LogP contribution in [0.1, 0.15) is 21.5 Å². The maximum absolute atomic E-state index is 11.2. The Hall–Kier alpha value is -3.12. The number of rotatable bonds is 2. The topological polar surface area (TPSA) is 61.1 Å². The summed E-state index contributed by atoms with van der Waals surface area (Å²) in [6.45, 7) is 2.00. The number of hydrogen-bond acceptors (Lipinski definition) is 2. The molecule has 0 fully saturated rings. The fraction of sp³-hybridized carbons (Fsp3) is 0.0526. The molecule has 0 saturated heterocycles. The third-order valence-electron chi connectivity index (χ3n) is 3.78. The average Bonchev–Trinajstić information content (AvgIpc) is 2.54. The third-order valence-corrected chi connectivity index (χ3v) is 3.78. The summed E-state index contributed by atoms with van der Waals surface area (Å²) in [5.74, 6) is -0.936. The van der Waals surface area contributed by atoms with E-state index in [1.807, 2.05) is 37.3 Å². The van der Waals surface area contributed by atoms with Crippen LogP contribution in [0.2, 0.25) is 0 Å². The van der Waals surface area contributed by atoms with Crippen LogP contribution in [0.5, 0.6) is 0 Å². The molecule has 3 heteroatoms. The van der Waals surface area contributed by atoms with Gasteiger partial charge in [0.25, 0.3) is 0 Å². The van der Waals surface area contributed by atoms with Gasteiger partial charge in [-0.15, -0.1) is 0 Å². The van der Waals surface area contributed by atoms with Crippen LogP contribution in [0, 0.1) is 18.3 Å². The van der Waals surface area contributed by atoms with Crippen molar-refractivity contribution in [3.63, 3.8) is 0 Å². The molecule has 1 N–H and O–H groups in total. The minimum Gasteiger partial charge on any atom is -0.478 e. The molecule has 106 valence electrons. The molecule has 3 aromatic carbocycles. The van der Waals surface area contributed by atoms with Gasteiger partial charge in [0.2, 0.25) is 0 Å². The Morgan fingerprint density at radius 1 is 1.05 bits per heavy atom. The second-order valence-electron chi connectivity index (χ2n) is 5.19. The zero-order chi connectivity index (χ0) is 15.7. The summed E-state index contributed by atoms with van der Waals surface area (Å²) < 4.78 is 0. The van der Waals surface area contributed by atoms with E-state index < -0.39 is 5.97 Å². The van der Waals surface area contributed by atoms with Crippen molar-refractivity contribution in [2.24, 2.45) is 0 Å². The second-order valence-corrected chi connectivity index (χ2v) is 5.19. The highest BCUT2D eigenvalue weighted by Gasteiger charge is 2.10. The van der Waals surface area contributed by atoms with Gasteiger partial charge in [0, 0.05) is 0 Å². The van der Waals surface area contributed by atoms with Gasteiger partial charge >= 0.3 is 5.97 Å². The van der Waals surface area contributed by atoms with E-state index >= 15 is 0 Å². The van der Waals surface area contributed by atoms with Crippen molar-refractivity contribution in [3.8, 4) is 17.2 Å². The maximum atomic E-state index is 11.2. The Kier molecular flexibility index (Phi) is 3.36. The normalized spacial score (nSPS) is 10.4. The molecule has 22 heavy (non-hydrogen) atoms. The number of aromatic carboxylic acids is 1. The highest BCUT2D eigenvalue weighted by atomic mass is 16.4. The maximum Gasteiger partial charge on any atom is 0.335 e. The van der Waals surface area contributed by atoms with Crippen molar-refractivity contribution in [1.29, 1.82) is 5.26 Å². The van der Waals surface area contributed by atoms with E-state index in [1.54, 1.807) is 24.3 Å². The van der Waals surface area contributed by atoms with Gasteiger partial charge in [-0.1, -0.05) is 30.3 Å². The second kappa shape index (κ2) is 5.34. The monoisotopic (exact) mass is 287 g/mol. The number of carboxylic acid groups (broad SMARTS) is 1. The van der Waals surface area contributed by atoms with Crippen LogP contribution >= 0.6 is 0 Å². The predicted molar refractivity (Wildman–Crippen MR) is 85.8 cm³/mol. The van der Waals surface area contributed by atoms with Gasteiger partial charge in [0.05, 0.1) is 17.2 Å². The molecule has 3 nitrogen and oxygen atoms in total. The molecule has 3 rings (SSSR count). The Morgan fingerprint density at radius 3 is 2.36 bits per heavy atom. The van der Waals surface area contributed by atoms with Crippen molar-refractivity contribution >= 4 is 16.7 Å². The fourth-order valence-corrected chi connectivity index (χ4v) is 2.66. The molecule has 3 aromatic rings. The standard InChI is InChI=1S/C19H13NO2/c1-12-2-5-14-8-9-16(19(21)22)10-17(14)18(12)15-6-3-13(11-20)4-7-15/h2-10H,1H3,(H,21,22). The number of nitriles is 1. The molecule has 0 unspecified atom stereocenters. The van der Waals surface area contributed by atoms with Gasteiger partial charge < -0.3 is 5.11 Å². The molecule has 0 aromatic heterocycles. The number of fused-ring (bicyclic) bond motifs is 1. The third kappa shape index (κ3) is 2.32. The average molecular weight is 287 g/mol. The van der Waals surface area contributed by atoms with Crippen LogP contribution in [0.25, 0.3) is 21.9 Å². The molecule has 0 aliphatic carbocycles. The van der Waals surface area contributed by atoms with Gasteiger partial charge in [0.15, 0.2) is 0 Å². The predicted octanol–water partition coefficient (Wildman–Crippen LogP) is 4.39. The number of aryl methyl sites for hydroxylation is 1. The first-order valence-electron chi connectivity index (χ1n) is 6.87. The van der Waals surface area contributed by atoms with E-state index in [4.69, 9.17) is 5.26 Å². The summed E-state index contributed by atoms with van der Waals surface area (Å²) in [6, 6.07) is 18.6. The van der Waals surface area contributed by atoms with E-state index in [0.29, 0.717) is 5.56 Å². The van der Waals surface area contributed by atoms with Crippen molar-refractivity contribution in [2.75, 3.05) is 0 Å². The quantitative estimate of drug-likeness (QED) is 0.760. The summed E-state index contributed by atoms with van der Waals surface area (Å²) in [7, 11) is 0. The van der Waals surface area contributed by atoms with Crippen LogP contribution in [-0.2, 0) is 0 Å². The number of benzene rings is 3. The minimum atomic E-state index is -0.936. The molecule has 0 atom stereocenters. The lowest BCUT2D eigenvalue weighted by Gasteiger charge is -2.11. The lowest BCUT2D eigenvalue weighted by atomic mass is 9.92. The Bertz CT molecular complexity index is 919. The van der Waals surface area contributed by atoms with E-state index in [1.165, 1.54) is 0 Å². The van der Waals surface area contributed by atoms with E-state index in [9.17, 15) is 9.90 Å². The molecule has 0 heterocycles. The number of carboxylic acids is 1. The summed E-state index contributed by atoms with van der Waals surface area (Å²) >= 11 is 0. The fourth-order valence-electron chi connectivity index (χ4n) is 2.66. The Morgan fingerprint density at radius 2 is 1.73 bits per heavy atom. The van der Waals surface area contributed by atoms with E-state index in [-0.39, 0.29) is 5.56 Å². The Balaban J connectivity index is 2.30. The van der Waals surface area contributed by atoms with Gasteiger partial charge in [-0.05, 0) is 58.7 Å². The minimum absolute atomic E-state index is 0.271. The van der Waals surface area contributed by atoms with Crippen LogP contribution < -0.4 is 0 Å². The van der Waals surface area contributed by atoms with Gasteiger partial charge in [-0.2, -0.15) is 5.26 Å². The first kappa shape index (κ1) is 13.8. The first-order valence-corrected chi connectivity index (χ1v) is 6.87. The zero-order valence-electron chi connectivity index (χ0n) is 12.0. The largest absolute Gasteiger partial charge is 0.478 e.